The predicted molar refractivity (Wildman–Crippen MR) is 94.6 cm³/mol. The molecular formula is C20H18NP. The Morgan fingerprint density at radius 2 is 1.50 bits per heavy atom. The molecule has 0 bridgehead atoms. The van der Waals surface area contributed by atoms with Crippen molar-refractivity contribution in [1.82, 2.24) is 0 Å². The van der Waals surface area contributed by atoms with E-state index < -0.39 is 7.92 Å². The third-order valence-corrected chi connectivity index (χ3v) is 6.55. The van der Waals surface area contributed by atoms with Gasteiger partial charge < -0.3 is 0 Å². The first-order valence-corrected chi connectivity index (χ1v) is 8.83. The van der Waals surface area contributed by atoms with Crippen LogP contribution in [0.25, 0.3) is 0 Å². The summed E-state index contributed by atoms with van der Waals surface area (Å²) in [6.45, 7) is 2.01. The van der Waals surface area contributed by atoms with Gasteiger partial charge in [0.1, 0.15) is 0 Å². The summed E-state index contributed by atoms with van der Waals surface area (Å²) in [5.41, 5.74) is 0. The smallest absolute Gasteiger partial charge is 0.0662 e. The number of allylic oxidation sites excluding steroid dienone is 4. The molecule has 22 heavy (non-hydrogen) atoms. The van der Waals surface area contributed by atoms with Gasteiger partial charge in [0.05, 0.1) is 12.0 Å². The number of hydrogen-bond acceptors (Lipinski definition) is 1. The van der Waals surface area contributed by atoms with Crippen molar-refractivity contribution in [2.45, 2.75) is 6.92 Å². The Hall–Kier alpha value is -2.16. The molecule has 1 nitrogen and oxygen atoms in total. The van der Waals surface area contributed by atoms with Gasteiger partial charge in [-0.15, -0.1) is 0 Å². The van der Waals surface area contributed by atoms with Crippen LogP contribution in [0.3, 0.4) is 0 Å². The van der Waals surface area contributed by atoms with Gasteiger partial charge in [0.25, 0.3) is 0 Å². The fourth-order valence-corrected chi connectivity index (χ4v) is 5.49. The minimum Gasteiger partial charge on any atom is -0.198 e. The van der Waals surface area contributed by atoms with Crippen molar-refractivity contribution in [2.24, 2.45) is 11.8 Å². The number of nitriles is 1. The second-order valence-corrected chi connectivity index (χ2v) is 7.65. The van der Waals surface area contributed by atoms with Crippen LogP contribution in [0.1, 0.15) is 6.92 Å². The number of benzene rings is 2. The Morgan fingerprint density at radius 1 is 0.955 bits per heavy atom. The van der Waals surface area contributed by atoms with E-state index >= 15 is 0 Å². The van der Waals surface area contributed by atoms with E-state index in [1.54, 1.807) is 0 Å². The fourth-order valence-electron chi connectivity index (χ4n) is 2.81. The quantitative estimate of drug-likeness (QED) is 0.770. The van der Waals surface area contributed by atoms with Gasteiger partial charge in [-0.1, -0.05) is 78.9 Å². The molecule has 108 valence electrons. The maximum Gasteiger partial charge on any atom is 0.0662 e. The van der Waals surface area contributed by atoms with Gasteiger partial charge >= 0.3 is 0 Å². The van der Waals surface area contributed by atoms with Gasteiger partial charge in [-0.3, -0.25) is 0 Å². The van der Waals surface area contributed by atoms with Crippen LogP contribution in [-0.4, -0.2) is 0 Å². The van der Waals surface area contributed by atoms with Crippen molar-refractivity contribution < 1.29 is 0 Å². The SMILES string of the molecule is CC(C#N)C1C=CC=C1P(c1ccccc1)c1ccccc1. The largest absolute Gasteiger partial charge is 0.198 e. The fraction of sp³-hybridized carbons (Fsp3) is 0.150. The Labute approximate surface area is 133 Å². The molecule has 2 unspecified atom stereocenters. The molecule has 2 aromatic carbocycles. The third-order valence-electron chi connectivity index (χ3n) is 3.96. The Bertz CT molecular complexity index is 686. The Morgan fingerprint density at radius 3 is 2.00 bits per heavy atom. The van der Waals surface area contributed by atoms with E-state index in [2.05, 4.69) is 85.0 Å². The highest BCUT2D eigenvalue weighted by atomic mass is 31.1. The molecule has 0 N–H and O–H groups in total. The van der Waals surface area contributed by atoms with Crippen LogP contribution < -0.4 is 10.6 Å². The van der Waals surface area contributed by atoms with E-state index in [-0.39, 0.29) is 11.8 Å². The number of hydrogen-bond donors (Lipinski definition) is 0. The van der Waals surface area contributed by atoms with Crippen molar-refractivity contribution >= 4 is 18.5 Å². The van der Waals surface area contributed by atoms with Gasteiger partial charge in [0.2, 0.25) is 0 Å². The molecule has 0 fully saturated rings. The highest BCUT2D eigenvalue weighted by Crippen LogP contribution is 2.50. The van der Waals surface area contributed by atoms with Crippen molar-refractivity contribution in [3.05, 3.63) is 84.2 Å². The zero-order valence-corrected chi connectivity index (χ0v) is 13.4. The molecule has 2 aromatic rings. The normalized spacial score (nSPS) is 18.0. The standard InChI is InChI=1S/C20H18NP/c1-16(15-21)19-13-8-14-20(19)22(17-9-4-2-5-10-17)18-11-6-3-7-12-18/h2-14,16,19H,1H3. The van der Waals surface area contributed by atoms with Crippen molar-refractivity contribution in [2.75, 3.05) is 0 Å². The molecule has 3 rings (SSSR count). The molecule has 1 aliphatic carbocycles. The second kappa shape index (κ2) is 6.73. The van der Waals surface area contributed by atoms with Crippen molar-refractivity contribution in [3.8, 4) is 6.07 Å². The third kappa shape index (κ3) is 2.89. The molecule has 0 radical (unpaired) electrons. The summed E-state index contributed by atoms with van der Waals surface area (Å²) in [6.07, 6.45) is 6.49. The van der Waals surface area contributed by atoms with Crippen LogP contribution in [0.2, 0.25) is 0 Å². The zero-order chi connectivity index (χ0) is 15.4. The predicted octanol–water partition coefficient (Wildman–Crippen LogP) is 4.35. The molecule has 0 spiro atoms. The van der Waals surface area contributed by atoms with E-state index in [9.17, 15) is 5.26 Å². The van der Waals surface area contributed by atoms with Crippen LogP contribution in [0.4, 0.5) is 0 Å². The van der Waals surface area contributed by atoms with Gasteiger partial charge in [-0.25, -0.2) is 0 Å². The molecule has 2 atom stereocenters. The van der Waals surface area contributed by atoms with Crippen LogP contribution in [0.5, 0.6) is 0 Å². The Kier molecular flexibility index (Phi) is 4.52. The molecule has 0 amide bonds. The summed E-state index contributed by atoms with van der Waals surface area (Å²) in [4.78, 5) is 0. The molecule has 0 saturated heterocycles. The molecule has 0 heterocycles. The summed E-state index contributed by atoms with van der Waals surface area (Å²) in [5.74, 6) is 0.221. The van der Waals surface area contributed by atoms with Crippen LogP contribution in [0, 0.1) is 23.2 Å². The topological polar surface area (TPSA) is 23.8 Å². The van der Waals surface area contributed by atoms with Gasteiger partial charge in [-0.05, 0) is 30.8 Å². The highest BCUT2D eigenvalue weighted by molar-refractivity contribution is 7.76. The average Bonchev–Trinajstić information content (AvgIpc) is 3.06. The first-order valence-electron chi connectivity index (χ1n) is 7.49. The van der Waals surface area contributed by atoms with E-state index in [0.717, 1.165) is 0 Å². The number of rotatable bonds is 4. The van der Waals surface area contributed by atoms with Crippen LogP contribution in [0.15, 0.2) is 84.2 Å². The molecule has 0 saturated carbocycles. The average molecular weight is 303 g/mol. The summed E-state index contributed by atoms with van der Waals surface area (Å²) in [6, 6.07) is 23.7. The lowest BCUT2D eigenvalue weighted by Gasteiger charge is -2.26. The van der Waals surface area contributed by atoms with Gasteiger partial charge in [-0.2, -0.15) is 5.26 Å². The van der Waals surface area contributed by atoms with E-state index in [0.29, 0.717) is 0 Å². The Balaban J connectivity index is 2.06. The molecule has 1 aliphatic rings. The minimum atomic E-state index is -0.582. The summed E-state index contributed by atoms with van der Waals surface area (Å²) < 4.78 is 0. The maximum atomic E-state index is 9.33. The van der Waals surface area contributed by atoms with E-state index in [1.165, 1.54) is 15.9 Å². The maximum absolute atomic E-state index is 9.33. The van der Waals surface area contributed by atoms with Crippen molar-refractivity contribution in [3.63, 3.8) is 0 Å². The lowest BCUT2D eigenvalue weighted by Crippen LogP contribution is -2.18. The molecule has 0 aromatic heterocycles. The highest BCUT2D eigenvalue weighted by Gasteiger charge is 2.29. The summed E-state index contributed by atoms with van der Waals surface area (Å²) in [7, 11) is -0.582. The second-order valence-electron chi connectivity index (χ2n) is 5.43. The van der Waals surface area contributed by atoms with Crippen LogP contribution >= 0.6 is 7.92 Å². The molecule has 0 aliphatic heterocycles. The lowest BCUT2D eigenvalue weighted by molar-refractivity contribution is 0.623. The van der Waals surface area contributed by atoms with E-state index in [4.69, 9.17) is 0 Å². The van der Waals surface area contributed by atoms with Gasteiger partial charge in [0.15, 0.2) is 0 Å². The van der Waals surface area contributed by atoms with Crippen LogP contribution in [-0.2, 0) is 0 Å². The zero-order valence-electron chi connectivity index (χ0n) is 12.6. The van der Waals surface area contributed by atoms with Crippen molar-refractivity contribution in [1.29, 1.82) is 5.26 Å². The van der Waals surface area contributed by atoms with E-state index in [1.807, 2.05) is 6.92 Å². The lowest BCUT2D eigenvalue weighted by atomic mass is 9.97. The van der Waals surface area contributed by atoms with Gasteiger partial charge in [0, 0.05) is 5.92 Å². The first-order chi connectivity index (χ1) is 10.8. The molecular weight excluding hydrogens is 285 g/mol. The number of nitrogens with zero attached hydrogens (tertiary/aromatic N) is 1. The minimum absolute atomic E-state index is 0.00224. The first kappa shape index (κ1) is 14.8. The summed E-state index contributed by atoms with van der Waals surface area (Å²) in [5, 5.41) is 13.4. The monoisotopic (exact) mass is 303 g/mol. The molecule has 2 heteroatoms. The summed E-state index contributed by atoms with van der Waals surface area (Å²) >= 11 is 0.